The average Bonchev–Trinajstić information content (AvgIpc) is 2.89. The van der Waals surface area contributed by atoms with Gasteiger partial charge < -0.3 is 24.8 Å². The number of hydrogen-bond acceptors (Lipinski definition) is 5. The van der Waals surface area contributed by atoms with Crippen molar-refractivity contribution in [3.8, 4) is 11.5 Å². The monoisotopic (exact) mass is 266 g/mol. The van der Waals surface area contributed by atoms with Crippen LogP contribution in [0.1, 0.15) is 12.0 Å². The first-order valence-corrected chi connectivity index (χ1v) is 6.69. The van der Waals surface area contributed by atoms with Gasteiger partial charge >= 0.3 is 0 Å². The predicted octanol–water partition coefficient (Wildman–Crippen LogP) is 1.13. The third-order valence-electron chi connectivity index (χ3n) is 2.96. The van der Waals surface area contributed by atoms with Gasteiger partial charge in [-0.1, -0.05) is 6.07 Å². The summed E-state index contributed by atoms with van der Waals surface area (Å²) < 4.78 is 15.6. The fourth-order valence-electron chi connectivity index (χ4n) is 1.92. The molecule has 2 rings (SSSR count). The van der Waals surface area contributed by atoms with Crippen molar-refractivity contribution in [1.29, 1.82) is 0 Å². The SMILES string of the molecule is COCCNCCCNCc1ccc2c(c1)OCO2. The Hall–Kier alpha value is -1.30. The summed E-state index contributed by atoms with van der Waals surface area (Å²) in [6.45, 7) is 4.88. The Bertz CT molecular complexity index is 385. The maximum Gasteiger partial charge on any atom is 0.231 e. The Balaban J connectivity index is 1.56. The molecule has 106 valence electrons. The molecule has 5 nitrogen and oxygen atoms in total. The summed E-state index contributed by atoms with van der Waals surface area (Å²) >= 11 is 0. The van der Waals surface area contributed by atoms with E-state index in [4.69, 9.17) is 14.2 Å². The van der Waals surface area contributed by atoms with Gasteiger partial charge in [-0.15, -0.1) is 0 Å². The topological polar surface area (TPSA) is 51.8 Å². The number of rotatable bonds is 9. The number of ether oxygens (including phenoxy) is 3. The maximum atomic E-state index is 5.35. The number of benzene rings is 1. The number of hydrogen-bond donors (Lipinski definition) is 2. The summed E-state index contributed by atoms with van der Waals surface area (Å²) in [5, 5.41) is 6.73. The molecule has 0 aliphatic carbocycles. The van der Waals surface area contributed by atoms with Crippen LogP contribution in [-0.2, 0) is 11.3 Å². The van der Waals surface area contributed by atoms with Crippen LogP contribution in [0.2, 0.25) is 0 Å². The molecular weight excluding hydrogens is 244 g/mol. The van der Waals surface area contributed by atoms with E-state index in [0.717, 1.165) is 50.7 Å². The Labute approximate surface area is 114 Å². The quantitative estimate of drug-likeness (QED) is 0.656. The highest BCUT2D eigenvalue weighted by Crippen LogP contribution is 2.32. The first-order valence-electron chi connectivity index (χ1n) is 6.69. The Morgan fingerprint density at radius 2 is 1.95 bits per heavy atom. The molecule has 1 aromatic carbocycles. The smallest absolute Gasteiger partial charge is 0.231 e. The van der Waals surface area contributed by atoms with Crippen LogP contribution in [0.4, 0.5) is 0 Å². The maximum absolute atomic E-state index is 5.35. The van der Waals surface area contributed by atoms with Gasteiger partial charge in [0.15, 0.2) is 11.5 Å². The van der Waals surface area contributed by atoms with Crippen molar-refractivity contribution >= 4 is 0 Å². The van der Waals surface area contributed by atoms with Crippen LogP contribution in [0.3, 0.4) is 0 Å². The van der Waals surface area contributed by atoms with E-state index in [-0.39, 0.29) is 0 Å². The zero-order valence-corrected chi connectivity index (χ0v) is 11.4. The third-order valence-corrected chi connectivity index (χ3v) is 2.96. The first kappa shape index (κ1) is 14.1. The van der Waals surface area contributed by atoms with E-state index in [1.165, 1.54) is 5.56 Å². The molecule has 1 heterocycles. The van der Waals surface area contributed by atoms with Crippen LogP contribution in [0, 0.1) is 0 Å². The lowest BCUT2D eigenvalue weighted by atomic mass is 10.2. The second-order valence-electron chi connectivity index (χ2n) is 4.46. The minimum Gasteiger partial charge on any atom is -0.454 e. The second-order valence-corrected chi connectivity index (χ2v) is 4.46. The molecule has 0 saturated carbocycles. The summed E-state index contributed by atoms with van der Waals surface area (Å²) in [4.78, 5) is 0. The van der Waals surface area contributed by atoms with Crippen molar-refractivity contribution in [3.05, 3.63) is 23.8 Å². The van der Waals surface area contributed by atoms with Crippen LogP contribution in [0.5, 0.6) is 11.5 Å². The van der Waals surface area contributed by atoms with Gasteiger partial charge in [0.2, 0.25) is 6.79 Å². The Morgan fingerprint density at radius 1 is 1.11 bits per heavy atom. The molecular formula is C14H22N2O3. The molecule has 0 amide bonds. The molecule has 0 atom stereocenters. The van der Waals surface area contributed by atoms with E-state index < -0.39 is 0 Å². The van der Waals surface area contributed by atoms with Gasteiger partial charge in [-0.2, -0.15) is 0 Å². The van der Waals surface area contributed by atoms with Crippen molar-refractivity contribution in [3.63, 3.8) is 0 Å². The van der Waals surface area contributed by atoms with Gasteiger partial charge in [0.1, 0.15) is 0 Å². The second kappa shape index (κ2) is 7.99. The zero-order valence-electron chi connectivity index (χ0n) is 11.4. The van der Waals surface area contributed by atoms with Crippen LogP contribution in [0.15, 0.2) is 18.2 Å². The van der Waals surface area contributed by atoms with Crippen molar-refractivity contribution in [2.45, 2.75) is 13.0 Å². The summed E-state index contributed by atoms with van der Waals surface area (Å²) in [6.07, 6.45) is 1.11. The van der Waals surface area contributed by atoms with Crippen molar-refractivity contribution in [2.75, 3.05) is 40.1 Å². The molecule has 0 unspecified atom stereocenters. The normalized spacial score (nSPS) is 12.9. The van der Waals surface area contributed by atoms with E-state index in [2.05, 4.69) is 16.7 Å². The van der Waals surface area contributed by atoms with Crippen molar-refractivity contribution < 1.29 is 14.2 Å². The fourth-order valence-corrected chi connectivity index (χ4v) is 1.92. The van der Waals surface area contributed by atoms with Crippen LogP contribution >= 0.6 is 0 Å². The highest BCUT2D eigenvalue weighted by molar-refractivity contribution is 5.44. The molecule has 2 N–H and O–H groups in total. The molecule has 0 aromatic heterocycles. The van der Waals surface area contributed by atoms with Gasteiger partial charge in [0.05, 0.1) is 6.61 Å². The summed E-state index contributed by atoms with van der Waals surface area (Å²) in [5.74, 6) is 1.69. The van der Waals surface area contributed by atoms with E-state index in [1.54, 1.807) is 7.11 Å². The molecule has 1 aromatic rings. The highest BCUT2D eigenvalue weighted by atomic mass is 16.7. The standard InChI is InChI=1S/C14H22N2O3/c1-17-8-7-15-5-2-6-16-10-12-3-4-13-14(9-12)19-11-18-13/h3-4,9,15-16H,2,5-8,10-11H2,1H3. The third kappa shape index (κ3) is 4.70. The Morgan fingerprint density at radius 3 is 2.84 bits per heavy atom. The van der Waals surface area contributed by atoms with Crippen LogP contribution in [0.25, 0.3) is 0 Å². The van der Waals surface area contributed by atoms with Gasteiger partial charge in [-0.3, -0.25) is 0 Å². The predicted molar refractivity (Wildman–Crippen MR) is 73.6 cm³/mol. The molecule has 0 fully saturated rings. The molecule has 0 bridgehead atoms. The molecule has 0 radical (unpaired) electrons. The van der Waals surface area contributed by atoms with Crippen LogP contribution in [-0.4, -0.2) is 40.1 Å². The van der Waals surface area contributed by atoms with Gasteiger partial charge in [0.25, 0.3) is 0 Å². The van der Waals surface area contributed by atoms with E-state index in [0.29, 0.717) is 6.79 Å². The van der Waals surface area contributed by atoms with Gasteiger partial charge in [-0.05, 0) is 37.2 Å². The summed E-state index contributed by atoms with van der Waals surface area (Å²) in [5.41, 5.74) is 1.22. The minimum absolute atomic E-state index is 0.333. The largest absolute Gasteiger partial charge is 0.454 e. The highest BCUT2D eigenvalue weighted by Gasteiger charge is 2.12. The number of nitrogens with one attached hydrogen (secondary N) is 2. The van der Waals surface area contributed by atoms with Crippen LogP contribution < -0.4 is 20.1 Å². The van der Waals surface area contributed by atoms with E-state index in [1.807, 2.05) is 12.1 Å². The minimum atomic E-state index is 0.333. The van der Waals surface area contributed by atoms with Gasteiger partial charge in [-0.25, -0.2) is 0 Å². The lowest BCUT2D eigenvalue weighted by Crippen LogP contribution is -2.24. The molecule has 1 aliphatic rings. The Kier molecular flexibility index (Phi) is 5.94. The van der Waals surface area contributed by atoms with Gasteiger partial charge in [0, 0.05) is 20.2 Å². The summed E-state index contributed by atoms with van der Waals surface area (Å²) in [7, 11) is 1.72. The lowest BCUT2D eigenvalue weighted by Gasteiger charge is -2.07. The molecule has 0 spiro atoms. The lowest BCUT2D eigenvalue weighted by molar-refractivity contribution is 0.174. The number of methoxy groups -OCH3 is 1. The average molecular weight is 266 g/mol. The van der Waals surface area contributed by atoms with Crippen molar-refractivity contribution in [2.24, 2.45) is 0 Å². The first-order chi connectivity index (χ1) is 9.40. The fraction of sp³-hybridized carbons (Fsp3) is 0.571. The van der Waals surface area contributed by atoms with E-state index in [9.17, 15) is 0 Å². The van der Waals surface area contributed by atoms with Crippen molar-refractivity contribution in [1.82, 2.24) is 10.6 Å². The molecule has 0 saturated heterocycles. The molecule has 1 aliphatic heterocycles. The molecule has 19 heavy (non-hydrogen) atoms. The zero-order chi connectivity index (χ0) is 13.3. The van der Waals surface area contributed by atoms with E-state index >= 15 is 0 Å². The molecule has 5 heteroatoms. The summed E-state index contributed by atoms with van der Waals surface area (Å²) in [6, 6.07) is 6.06. The number of fused-ring (bicyclic) bond motifs is 1.